The Morgan fingerprint density at radius 1 is 1.33 bits per heavy atom. The molecule has 0 aromatic carbocycles. The molecule has 0 aromatic heterocycles. The lowest BCUT2D eigenvalue weighted by molar-refractivity contribution is -0.277. The topological polar surface area (TPSA) is 96.2 Å². The van der Waals surface area contributed by atoms with Gasteiger partial charge >= 0.3 is 5.97 Å². The smallest absolute Gasteiger partial charge is 0.307 e. The quantitative estimate of drug-likeness (QED) is 0.686. The van der Waals surface area contributed by atoms with Crippen LogP contribution in [0.15, 0.2) is 0 Å². The first kappa shape index (κ1) is 17.0. The summed E-state index contributed by atoms with van der Waals surface area (Å²) in [7, 11) is 0. The molecule has 0 radical (unpaired) electrons. The van der Waals surface area contributed by atoms with E-state index in [1.165, 1.54) is 11.8 Å². The molecule has 0 saturated carbocycles. The fraction of sp³-hybridized carbons (Fsp3) is 0.929. The lowest BCUT2D eigenvalue weighted by Gasteiger charge is -2.42. The number of aliphatic carboxylic acids is 1. The van der Waals surface area contributed by atoms with Crippen LogP contribution in [0.1, 0.15) is 26.2 Å². The van der Waals surface area contributed by atoms with Gasteiger partial charge in [-0.15, -0.1) is 0 Å². The Labute approximate surface area is 128 Å². The van der Waals surface area contributed by atoms with Gasteiger partial charge in [-0.2, -0.15) is 11.8 Å². The molecule has 3 aliphatic rings. The van der Waals surface area contributed by atoms with Gasteiger partial charge in [0.1, 0.15) is 6.10 Å². The average molecular weight is 320 g/mol. The molecule has 0 spiro atoms. The van der Waals surface area contributed by atoms with E-state index in [9.17, 15) is 15.0 Å². The maximum absolute atomic E-state index is 10.8. The Bertz CT molecular complexity index is 350. The Balaban J connectivity index is 1.93. The SMILES string of the molecule is CC(CSCC1OC2OCCCCC1C(O)C2O)C(=O)O. The summed E-state index contributed by atoms with van der Waals surface area (Å²) >= 11 is 1.51. The molecule has 6 atom stereocenters. The Morgan fingerprint density at radius 2 is 2.10 bits per heavy atom. The zero-order chi connectivity index (χ0) is 15.4. The van der Waals surface area contributed by atoms with Crippen molar-refractivity contribution in [3.05, 3.63) is 0 Å². The minimum Gasteiger partial charge on any atom is -0.481 e. The third-order valence-corrected chi connectivity index (χ3v) is 5.44. The number of hydrogen-bond donors (Lipinski definition) is 3. The highest BCUT2D eigenvalue weighted by molar-refractivity contribution is 7.99. The second-order valence-electron chi connectivity index (χ2n) is 5.83. The first-order valence-electron chi connectivity index (χ1n) is 7.44. The molecule has 0 aromatic rings. The van der Waals surface area contributed by atoms with Crippen molar-refractivity contribution in [3.63, 3.8) is 0 Å². The van der Waals surface area contributed by atoms with Gasteiger partial charge in [-0.05, 0) is 12.8 Å². The molecule has 0 aliphatic carbocycles. The van der Waals surface area contributed by atoms with Gasteiger partial charge < -0.3 is 24.8 Å². The first-order chi connectivity index (χ1) is 10.0. The summed E-state index contributed by atoms with van der Waals surface area (Å²) in [6.45, 7) is 2.20. The van der Waals surface area contributed by atoms with E-state index >= 15 is 0 Å². The normalized spacial score (nSPS) is 38.3. The zero-order valence-electron chi connectivity index (χ0n) is 12.2. The minimum atomic E-state index is -1.01. The standard InChI is InChI=1S/C14H24O6S/c1-8(13(17)18)6-21-7-10-9-4-2-3-5-19-14(20-10)12(16)11(9)15/h8-12,14-16H,2-7H2,1H3,(H,17,18). The van der Waals surface area contributed by atoms with E-state index in [-0.39, 0.29) is 12.0 Å². The number of ether oxygens (including phenoxy) is 2. The molecule has 7 heteroatoms. The van der Waals surface area contributed by atoms with Crippen LogP contribution in [-0.4, -0.2) is 64.0 Å². The number of aliphatic hydroxyl groups excluding tert-OH is 2. The van der Waals surface area contributed by atoms with E-state index in [2.05, 4.69) is 0 Å². The van der Waals surface area contributed by atoms with E-state index in [0.29, 0.717) is 18.1 Å². The van der Waals surface area contributed by atoms with Crippen LogP contribution in [-0.2, 0) is 14.3 Å². The van der Waals surface area contributed by atoms with E-state index in [1.54, 1.807) is 6.92 Å². The van der Waals surface area contributed by atoms with Gasteiger partial charge in [0, 0.05) is 24.0 Å². The van der Waals surface area contributed by atoms with Gasteiger partial charge in [-0.25, -0.2) is 0 Å². The molecule has 2 bridgehead atoms. The summed E-state index contributed by atoms with van der Waals surface area (Å²) in [6, 6.07) is 0. The molecule has 0 amide bonds. The monoisotopic (exact) mass is 320 g/mol. The average Bonchev–Trinajstić information content (AvgIpc) is 2.58. The van der Waals surface area contributed by atoms with E-state index < -0.39 is 30.4 Å². The molecule has 3 N–H and O–H groups in total. The number of carbonyl (C=O) groups is 1. The highest BCUT2D eigenvalue weighted by Crippen LogP contribution is 2.34. The summed E-state index contributed by atoms with van der Waals surface area (Å²) in [4.78, 5) is 10.8. The minimum absolute atomic E-state index is 0.120. The second kappa shape index (κ2) is 7.78. The van der Waals surface area contributed by atoms with Crippen LogP contribution >= 0.6 is 11.8 Å². The molecular formula is C14H24O6S. The van der Waals surface area contributed by atoms with Gasteiger partial charge in [0.2, 0.25) is 0 Å². The third-order valence-electron chi connectivity index (χ3n) is 4.14. The highest BCUT2D eigenvalue weighted by atomic mass is 32.2. The highest BCUT2D eigenvalue weighted by Gasteiger charge is 2.45. The molecule has 3 rings (SSSR count). The van der Waals surface area contributed by atoms with Crippen LogP contribution in [0.4, 0.5) is 0 Å². The maximum atomic E-state index is 10.8. The van der Waals surface area contributed by atoms with E-state index in [0.717, 1.165) is 19.3 Å². The number of thioether (sulfide) groups is 1. The van der Waals surface area contributed by atoms with Crippen molar-refractivity contribution in [2.45, 2.75) is 50.8 Å². The van der Waals surface area contributed by atoms with Crippen LogP contribution in [0, 0.1) is 11.8 Å². The van der Waals surface area contributed by atoms with E-state index in [4.69, 9.17) is 14.6 Å². The Hall–Kier alpha value is -0.340. The van der Waals surface area contributed by atoms with Crippen LogP contribution in [0.25, 0.3) is 0 Å². The Morgan fingerprint density at radius 3 is 2.81 bits per heavy atom. The summed E-state index contributed by atoms with van der Waals surface area (Å²) in [5.41, 5.74) is 0. The molecule has 122 valence electrons. The van der Waals surface area contributed by atoms with Crippen LogP contribution in [0.3, 0.4) is 0 Å². The van der Waals surface area contributed by atoms with Gasteiger partial charge in [0.25, 0.3) is 0 Å². The van der Waals surface area contributed by atoms with Gasteiger partial charge in [0.15, 0.2) is 6.29 Å². The molecule has 21 heavy (non-hydrogen) atoms. The molecule has 6 unspecified atom stereocenters. The fourth-order valence-electron chi connectivity index (χ4n) is 2.76. The summed E-state index contributed by atoms with van der Waals surface area (Å²) in [5.74, 6) is -0.225. The van der Waals surface area contributed by atoms with Crippen LogP contribution in [0.5, 0.6) is 0 Å². The molecule has 3 fully saturated rings. The number of fused-ring (bicyclic) bond motifs is 6. The van der Waals surface area contributed by atoms with Crippen molar-refractivity contribution in [2.75, 3.05) is 18.1 Å². The number of carboxylic acid groups (broad SMARTS) is 1. The summed E-state index contributed by atoms with van der Waals surface area (Å²) in [5, 5.41) is 29.2. The molecular weight excluding hydrogens is 296 g/mol. The van der Waals surface area contributed by atoms with Crippen LogP contribution in [0.2, 0.25) is 0 Å². The lowest BCUT2D eigenvalue weighted by atomic mass is 9.86. The first-order valence-corrected chi connectivity index (χ1v) is 8.60. The number of carboxylic acids is 1. The number of aliphatic hydroxyl groups is 2. The van der Waals surface area contributed by atoms with Crippen molar-refractivity contribution < 1.29 is 29.6 Å². The van der Waals surface area contributed by atoms with Gasteiger partial charge in [0.05, 0.1) is 18.1 Å². The molecule has 3 saturated heterocycles. The Kier molecular flexibility index (Phi) is 6.31. The number of hydrogen-bond acceptors (Lipinski definition) is 6. The molecule has 3 heterocycles. The van der Waals surface area contributed by atoms with Crippen molar-refractivity contribution >= 4 is 17.7 Å². The van der Waals surface area contributed by atoms with Crippen molar-refractivity contribution in [1.82, 2.24) is 0 Å². The zero-order valence-corrected chi connectivity index (χ0v) is 13.0. The second-order valence-corrected chi connectivity index (χ2v) is 6.91. The fourth-order valence-corrected chi connectivity index (χ4v) is 3.95. The van der Waals surface area contributed by atoms with Crippen molar-refractivity contribution in [1.29, 1.82) is 0 Å². The maximum Gasteiger partial charge on any atom is 0.307 e. The van der Waals surface area contributed by atoms with Crippen LogP contribution < -0.4 is 0 Å². The van der Waals surface area contributed by atoms with Crippen molar-refractivity contribution in [2.24, 2.45) is 11.8 Å². The third kappa shape index (κ3) is 4.32. The van der Waals surface area contributed by atoms with E-state index in [1.807, 2.05) is 0 Å². The molecule has 6 nitrogen and oxygen atoms in total. The largest absolute Gasteiger partial charge is 0.481 e. The van der Waals surface area contributed by atoms with Gasteiger partial charge in [-0.1, -0.05) is 13.3 Å². The number of rotatable bonds is 5. The van der Waals surface area contributed by atoms with Crippen molar-refractivity contribution in [3.8, 4) is 0 Å². The molecule has 3 aliphatic heterocycles. The predicted molar refractivity (Wildman–Crippen MR) is 78.1 cm³/mol. The summed E-state index contributed by atoms with van der Waals surface area (Å²) in [6.07, 6.45) is -0.234. The predicted octanol–water partition coefficient (Wildman–Crippen LogP) is 0.704. The summed E-state index contributed by atoms with van der Waals surface area (Å²) < 4.78 is 11.3. The van der Waals surface area contributed by atoms with Gasteiger partial charge in [-0.3, -0.25) is 4.79 Å². The lowest BCUT2D eigenvalue weighted by Crippen LogP contribution is -2.55.